The molecule has 1 N–H and O–H groups in total. The van der Waals surface area contributed by atoms with Crippen LogP contribution in [-0.4, -0.2) is 25.9 Å². The first-order valence-electron chi connectivity index (χ1n) is 8.96. The van der Waals surface area contributed by atoms with Gasteiger partial charge in [-0.05, 0) is 18.2 Å². The molecule has 4 rings (SSSR count). The number of hydrogen-bond acceptors (Lipinski definition) is 5. The van der Waals surface area contributed by atoms with Crippen LogP contribution in [0, 0.1) is 0 Å². The SMILES string of the molecule is C=CCn1c2c(c3cc(OC)c(OC)cc3c1=O)C(OC)Nc1ccccc1-2. The van der Waals surface area contributed by atoms with E-state index in [1.54, 1.807) is 38.0 Å². The van der Waals surface area contributed by atoms with Crippen molar-refractivity contribution in [3.8, 4) is 22.8 Å². The van der Waals surface area contributed by atoms with Crippen molar-refractivity contribution in [2.45, 2.75) is 12.8 Å². The summed E-state index contributed by atoms with van der Waals surface area (Å²) in [6, 6.07) is 11.5. The van der Waals surface area contributed by atoms with E-state index in [0.717, 1.165) is 27.9 Å². The summed E-state index contributed by atoms with van der Waals surface area (Å²) in [4.78, 5) is 13.4. The largest absolute Gasteiger partial charge is 0.493 e. The lowest BCUT2D eigenvalue weighted by molar-refractivity contribution is 0.127. The molecule has 28 heavy (non-hydrogen) atoms. The van der Waals surface area contributed by atoms with Gasteiger partial charge in [0.1, 0.15) is 0 Å². The Labute approximate surface area is 163 Å². The molecule has 1 aromatic heterocycles. The van der Waals surface area contributed by atoms with Crippen LogP contribution in [-0.2, 0) is 11.3 Å². The molecule has 0 saturated heterocycles. The third-order valence-corrected chi connectivity index (χ3v) is 5.09. The number of allylic oxidation sites excluding steroid dienone is 1. The van der Waals surface area contributed by atoms with Gasteiger partial charge in [0, 0.05) is 35.9 Å². The molecule has 1 aliphatic heterocycles. The lowest BCUT2D eigenvalue weighted by Gasteiger charge is -2.32. The molecule has 1 unspecified atom stereocenters. The highest BCUT2D eigenvalue weighted by atomic mass is 16.5. The van der Waals surface area contributed by atoms with Crippen molar-refractivity contribution in [3.63, 3.8) is 0 Å². The lowest BCUT2D eigenvalue weighted by Crippen LogP contribution is -2.29. The van der Waals surface area contributed by atoms with Crippen LogP contribution in [0.3, 0.4) is 0 Å². The molecule has 6 heteroatoms. The van der Waals surface area contributed by atoms with Crippen LogP contribution >= 0.6 is 0 Å². The molecule has 0 bridgehead atoms. The van der Waals surface area contributed by atoms with Gasteiger partial charge in [0.25, 0.3) is 5.56 Å². The maximum Gasteiger partial charge on any atom is 0.259 e. The van der Waals surface area contributed by atoms with E-state index >= 15 is 0 Å². The number of aromatic nitrogens is 1. The molecule has 3 aromatic rings. The number of benzene rings is 2. The zero-order valence-corrected chi connectivity index (χ0v) is 16.1. The molecule has 1 atom stereocenters. The molecule has 2 aromatic carbocycles. The second-order valence-electron chi connectivity index (χ2n) is 6.53. The van der Waals surface area contributed by atoms with Gasteiger partial charge in [-0.3, -0.25) is 4.79 Å². The Morgan fingerprint density at radius 1 is 1.11 bits per heavy atom. The third-order valence-electron chi connectivity index (χ3n) is 5.09. The van der Waals surface area contributed by atoms with Crippen LogP contribution in [0.1, 0.15) is 11.8 Å². The predicted octanol–water partition coefficient (Wildman–Crippen LogP) is 3.94. The third kappa shape index (κ3) is 2.57. The standard InChI is InChI=1S/C22H22N2O4/c1-5-10-24-20-13-8-6-7-9-16(13)23-21(28-4)19(20)14-11-17(26-2)18(27-3)12-15(14)22(24)25/h5-9,11-12,21,23H,1,10H2,2-4H3. The highest BCUT2D eigenvalue weighted by Gasteiger charge is 2.30. The van der Waals surface area contributed by atoms with Crippen molar-refractivity contribution in [2.75, 3.05) is 26.6 Å². The summed E-state index contributed by atoms with van der Waals surface area (Å²) < 4.78 is 18.4. The number of nitrogens with zero attached hydrogens (tertiary/aromatic N) is 1. The number of fused-ring (bicyclic) bond motifs is 5. The maximum atomic E-state index is 13.4. The summed E-state index contributed by atoms with van der Waals surface area (Å²) in [5.74, 6) is 1.07. The summed E-state index contributed by atoms with van der Waals surface area (Å²) in [6.07, 6.45) is 1.31. The van der Waals surface area contributed by atoms with E-state index in [1.807, 2.05) is 30.3 Å². The normalized spacial score (nSPS) is 14.8. The number of anilines is 1. The van der Waals surface area contributed by atoms with E-state index < -0.39 is 6.23 Å². The van der Waals surface area contributed by atoms with E-state index in [0.29, 0.717) is 23.4 Å². The number of pyridine rings is 1. The highest BCUT2D eigenvalue weighted by molar-refractivity contribution is 5.96. The molecule has 6 nitrogen and oxygen atoms in total. The Morgan fingerprint density at radius 3 is 2.43 bits per heavy atom. The molecular weight excluding hydrogens is 356 g/mol. The molecule has 0 fully saturated rings. The predicted molar refractivity (Wildman–Crippen MR) is 110 cm³/mol. The molecule has 0 aliphatic carbocycles. The first-order valence-corrected chi connectivity index (χ1v) is 8.96. The van der Waals surface area contributed by atoms with Crippen molar-refractivity contribution in [1.82, 2.24) is 4.57 Å². The number of para-hydroxylation sites is 1. The second-order valence-corrected chi connectivity index (χ2v) is 6.53. The lowest BCUT2D eigenvalue weighted by atomic mass is 9.93. The summed E-state index contributed by atoms with van der Waals surface area (Å²) >= 11 is 0. The Kier molecular flexibility index (Phi) is 4.57. The summed E-state index contributed by atoms with van der Waals surface area (Å²) in [6.45, 7) is 4.22. The minimum absolute atomic E-state index is 0.110. The average Bonchev–Trinajstić information content (AvgIpc) is 2.74. The molecule has 0 spiro atoms. The van der Waals surface area contributed by atoms with Crippen LogP contribution in [0.4, 0.5) is 5.69 Å². The monoisotopic (exact) mass is 378 g/mol. The molecule has 144 valence electrons. The van der Waals surface area contributed by atoms with Crippen molar-refractivity contribution in [3.05, 3.63) is 65.0 Å². The Balaban J connectivity index is 2.21. The quantitative estimate of drug-likeness (QED) is 0.682. The van der Waals surface area contributed by atoms with Crippen LogP contribution in [0.2, 0.25) is 0 Å². The number of nitrogens with one attached hydrogen (secondary N) is 1. The van der Waals surface area contributed by atoms with E-state index in [2.05, 4.69) is 11.9 Å². The second kappa shape index (κ2) is 7.05. The minimum atomic E-state index is -0.415. The number of ether oxygens (including phenoxy) is 3. The first kappa shape index (κ1) is 18.1. The Bertz CT molecular complexity index is 1130. The highest BCUT2D eigenvalue weighted by Crippen LogP contribution is 2.44. The fraction of sp³-hybridized carbons (Fsp3) is 0.227. The summed E-state index contributed by atoms with van der Waals surface area (Å²) in [5, 5.41) is 4.73. The van der Waals surface area contributed by atoms with Gasteiger partial charge in [0.15, 0.2) is 17.7 Å². The van der Waals surface area contributed by atoms with Crippen LogP contribution in [0.15, 0.2) is 53.8 Å². The van der Waals surface area contributed by atoms with Crippen molar-refractivity contribution >= 4 is 16.5 Å². The summed E-state index contributed by atoms with van der Waals surface area (Å²) in [7, 11) is 4.78. The Hall–Kier alpha value is -3.25. The van der Waals surface area contributed by atoms with Crippen molar-refractivity contribution in [1.29, 1.82) is 0 Å². The number of methoxy groups -OCH3 is 3. The fourth-order valence-corrected chi connectivity index (χ4v) is 3.86. The van der Waals surface area contributed by atoms with E-state index in [-0.39, 0.29) is 5.56 Å². The van der Waals surface area contributed by atoms with Gasteiger partial charge >= 0.3 is 0 Å². The average molecular weight is 378 g/mol. The Morgan fingerprint density at radius 2 is 1.79 bits per heavy atom. The summed E-state index contributed by atoms with van der Waals surface area (Å²) in [5.41, 5.74) is 3.46. The topological polar surface area (TPSA) is 61.7 Å². The van der Waals surface area contributed by atoms with Crippen LogP contribution in [0.25, 0.3) is 22.0 Å². The number of rotatable bonds is 5. The molecular formula is C22H22N2O4. The van der Waals surface area contributed by atoms with Gasteiger partial charge in [-0.25, -0.2) is 0 Å². The molecule has 0 amide bonds. The van der Waals surface area contributed by atoms with Gasteiger partial charge < -0.3 is 24.1 Å². The molecule has 0 saturated carbocycles. The van der Waals surface area contributed by atoms with Crippen LogP contribution < -0.4 is 20.3 Å². The smallest absolute Gasteiger partial charge is 0.259 e. The fourth-order valence-electron chi connectivity index (χ4n) is 3.86. The maximum absolute atomic E-state index is 13.4. The van der Waals surface area contributed by atoms with Gasteiger partial charge in [-0.1, -0.05) is 24.3 Å². The van der Waals surface area contributed by atoms with Crippen LogP contribution in [0.5, 0.6) is 11.5 Å². The van der Waals surface area contributed by atoms with Gasteiger partial charge in [-0.15, -0.1) is 6.58 Å². The zero-order valence-electron chi connectivity index (χ0n) is 16.1. The minimum Gasteiger partial charge on any atom is -0.493 e. The zero-order chi connectivity index (χ0) is 19.8. The van der Waals surface area contributed by atoms with E-state index in [4.69, 9.17) is 14.2 Å². The van der Waals surface area contributed by atoms with E-state index in [1.165, 1.54) is 0 Å². The molecule has 2 heterocycles. The van der Waals surface area contributed by atoms with Crippen molar-refractivity contribution in [2.24, 2.45) is 0 Å². The van der Waals surface area contributed by atoms with E-state index in [9.17, 15) is 4.79 Å². The van der Waals surface area contributed by atoms with Gasteiger partial charge in [-0.2, -0.15) is 0 Å². The first-order chi connectivity index (χ1) is 13.6. The van der Waals surface area contributed by atoms with Gasteiger partial charge in [0.05, 0.1) is 25.3 Å². The van der Waals surface area contributed by atoms with Gasteiger partial charge in [0.2, 0.25) is 0 Å². The van der Waals surface area contributed by atoms with Crippen molar-refractivity contribution < 1.29 is 14.2 Å². The molecule has 0 radical (unpaired) electrons. The number of hydrogen-bond donors (Lipinski definition) is 1. The molecule has 1 aliphatic rings.